The highest BCUT2D eigenvalue weighted by Crippen LogP contribution is 2.37. The van der Waals surface area contributed by atoms with E-state index in [9.17, 15) is 18.0 Å². The van der Waals surface area contributed by atoms with Gasteiger partial charge in [-0.25, -0.2) is 9.50 Å². The van der Waals surface area contributed by atoms with Crippen LogP contribution in [0.3, 0.4) is 0 Å². The smallest absolute Gasteiger partial charge is 0.330 e. The summed E-state index contributed by atoms with van der Waals surface area (Å²) in [4.78, 5) is 19.2. The van der Waals surface area contributed by atoms with Crippen molar-refractivity contribution in [2.45, 2.75) is 57.2 Å². The number of aromatic nitrogens is 3. The zero-order valence-electron chi connectivity index (χ0n) is 15.9. The summed E-state index contributed by atoms with van der Waals surface area (Å²) in [6.07, 6.45) is -0.865. The minimum Gasteiger partial charge on any atom is -0.330 e. The van der Waals surface area contributed by atoms with E-state index in [4.69, 9.17) is 0 Å². The van der Waals surface area contributed by atoms with Gasteiger partial charge in [-0.1, -0.05) is 12.8 Å². The maximum atomic E-state index is 13.7. The van der Waals surface area contributed by atoms with Gasteiger partial charge in [-0.2, -0.15) is 30.0 Å². The van der Waals surface area contributed by atoms with Crippen LogP contribution < -0.4 is 0 Å². The van der Waals surface area contributed by atoms with Gasteiger partial charge in [-0.15, -0.1) is 0 Å². The third kappa shape index (κ3) is 3.49. The maximum Gasteiger partial charge on any atom is 0.433 e. The van der Waals surface area contributed by atoms with Crippen LogP contribution in [0.15, 0.2) is 12.1 Å². The predicted octanol–water partition coefficient (Wildman–Crippen LogP) is 4.37. The predicted molar refractivity (Wildman–Crippen MR) is 102 cm³/mol. The van der Waals surface area contributed by atoms with Gasteiger partial charge in [0.05, 0.1) is 0 Å². The van der Waals surface area contributed by atoms with E-state index in [0.717, 1.165) is 47.8 Å². The van der Waals surface area contributed by atoms with Crippen molar-refractivity contribution in [2.75, 3.05) is 18.1 Å². The number of fused-ring (bicyclic) bond motifs is 1. The molecule has 4 rings (SSSR count). The van der Waals surface area contributed by atoms with Gasteiger partial charge in [0.15, 0.2) is 11.3 Å². The molecule has 2 aromatic heterocycles. The molecule has 0 aromatic carbocycles. The Bertz CT molecular complexity index is 902. The number of carbonyl (C=O) groups is 1. The molecule has 3 heterocycles. The third-order valence-electron chi connectivity index (χ3n) is 5.62. The van der Waals surface area contributed by atoms with Crippen molar-refractivity contribution in [3.05, 3.63) is 29.2 Å². The molecule has 1 amide bonds. The van der Waals surface area contributed by atoms with E-state index in [2.05, 4.69) is 10.1 Å². The third-order valence-corrected chi connectivity index (χ3v) is 7.00. The van der Waals surface area contributed by atoms with Gasteiger partial charge in [0.1, 0.15) is 5.69 Å². The molecule has 2 fully saturated rings. The van der Waals surface area contributed by atoms with Gasteiger partial charge in [0.2, 0.25) is 0 Å². The molecule has 1 saturated heterocycles. The summed E-state index contributed by atoms with van der Waals surface area (Å²) < 4.78 is 41.8. The fourth-order valence-electron chi connectivity index (χ4n) is 4.10. The van der Waals surface area contributed by atoms with Crippen LogP contribution in [0.2, 0.25) is 0 Å². The van der Waals surface area contributed by atoms with E-state index in [1.165, 1.54) is 6.07 Å². The zero-order chi connectivity index (χ0) is 20.1. The lowest BCUT2D eigenvalue weighted by Gasteiger charge is -2.41. The molecule has 152 valence electrons. The van der Waals surface area contributed by atoms with Crippen LogP contribution in [0.5, 0.6) is 0 Å². The first-order valence-corrected chi connectivity index (χ1v) is 10.7. The average molecular weight is 412 g/mol. The molecule has 2 aromatic rings. The molecule has 0 spiro atoms. The lowest BCUT2D eigenvalue weighted by Crippen LogP contribution is -2.53. The molecule has 1 aliphatic heterocycles. The van der Waals surface area contributed by atoms with Gasteiger partial charge >= 0.3 is 6.18 Å². The van der Waals surface area contributed by atoms with Gasteiger partial charge in [0, 0.05) is 41.3 Å². The molecular formula is C19H23F3N4OS. The Morgan fingerprint density at radius 2 is 1.96 bits per heavy atom. The second-order valence-electron chi connectivity index (χ2n) is 8.17. The molecule has 1 saturated carbocycles. The minimum absolute atomic E-state index is 0.0153. The van der Waals surface area contributed by atoms with Gasteiger partial charge in [-0.3, -0.25) is 4.79 Å². The Labute approximate surface area is 165 Å². The largest absolute Gasteiger partial charge is 0.433 e. The molecule has 5 nitrogen and oxygen atoms in total. The van der Waals surface area contributed by atoms with E-state index in [0.29, 0.717) is 12.2 Å². The van der Waals surface area contributed by atoms with Crippen LogP contribution in [-0.4, -0.2) is 49.0 Å². The van der Waals surface area contributed by atoms with Crippen LogP contribution in [-0.2, 0) is 6.18 Å². The Morgan fingerprint density at radius 3 is 2.61 bits per heavy atom. The summed E-state index contributed by atoms with van der Waals surface area (Å²) in [6.45, 7) is 4.48. The lowest BCUT2D eigenvalue weighted by atomic mass is 10.0. The summed E-state index contributed by atoms with van der Waals surface area (Å²) in [5.74, 6) is 1.29. The van der Waals surface area contributed by atoms with Crippen molar-refractivity contribution >= 4 is 23.3 Å². The van der Waals surface area contributed by atoms with E-state index in [1.54, 1.807) is 16.7 Å². The van der Waals surface area contributed by atoms with Crippen LogP contribution in [0.25, 0.3) is 5.65 Å². The van der Waals surface area contributed by atoms with E-state index >= 15 is 0 Å². The van der Waals surface area contributed by atoms with Crippen LogP contribution in [0.1, 0.15) is 67.3 Å². The molecule has 0 unspecified atom stereocenters. The number of thioether (sulfide) groups is 1. The highest BCUT2D eigenvalue weighted by Gasteiger charge is 2.38. The first kappa shape index (κ1) is 19.5. The fraction of sp³-hybridized carbons (Fsp3) is 0.632. The number of carbonyl (C=O) groups excluding carboxylic acids is 1. The van der Waals surface area contributed by atoms with Gasteiger partial charge in [0.25, 0.3) is 5.91 Å². The SMILES string of the molecule is CC1(C)CSCCN1C(=O)c1cc2nc(C3CCCC3)cc(C(F)(F)F)n2n1. The molecule has 0 radical (unpaired) electrons. The monoisotopic (exact) mass is 412 g/mol. The number of amides is 1. The second kappa shape index (κ2) is 6.93. The summed E-state index contributed by atoms with van der Waals surface area (Å²) >= 11 is 1.76. The fourth-order valence-corrected chi connectivity index (χ4v) is 5.22. The van der Waals surface area contributed by atoms with Crippen LogP contribution >= 0.6 is 11.8 Å². The molecule has 0 N–H and O–H groups in total. The Hall–Kier alpha value is -1.77. The molecule has 1 aliphatic carbocycles. The number of rotatable bonds is 2. The summed E-state index contributed by atoms with van der Waals surface area (Å²) in [5, 5.41) is 4.02. The number of hydrogen-bond donors (Lipinski definition) is 0. The summed E-state index contributed by atoms with van der Waals surface area (Å²) in [6, 6.07) is 2.50. The maximum absolute atomic E-state index is 13.7. The van der Waals surface area contributed by atoms with Crippen molar-refractivity contribution in [1.29, 1.82) is 0 Å². The number of alkyl halides is 3. The number of nitrogens with zero attached hydrogens (tertiary/aromatic N) is 4. The number of halogens is 3. The Morgan fingerprint density at radius 1 is 1.25 bits per heavy atom. The molecule has 0 bridgehead atoms. The summed E-state index contributed by atoms with van der Waals surface area (Å²) in [5.41, 5.74) is -0.686. The zero-order valence-corrected chi connectivity index (χ0v) is 16.7. The molecule has 28 heavy (non-hydrogen) atoms. The van der Waals surface area contributed by atoms with E-state index < -0.39 is 11.9 Å². The first-order chi connectivity index (χ1) is 13.2. The Kier molecular flexibility index (Phi) is 4.84. The second-order valence-corrected chi connectivity index (χ2v) is 9.27. The normalized spacial score (nSPS) is 20.8. The first-order valence-electron chi connectivity index (χ1n) is 9.54. The quantitative estimate of drug-likeness (QED) is 0.735. The van der Waals surface area contributed by atoms with Gasteiger partial charge < -0.3 is 4.90 Å². The van der Waals surface area contributed by atoms with Crippen molar-refractivity contribution in [3.63, 3.8) is 0 Å². The molecular weight excluding hydrogens is 389 g/mol. The highest BCUT2D eigenvalue weighted by molar-refractivity contribution is 7.99. The topological polar surface area (TPSA) is 50.5 Å². The van der Waals surface area contributed by atoms with E-state index in [-0.39, 0.29) is 28.7 Å². The lowest BCUT2D eigenvalue weighted by molar-refractivity contribution is -0.142. The molecule has 9 heteroatoms. The van der Waals surface area contributed by atoms with Gasteiger partial charge in [-0.05, 0) is 32.8 Å². The van der Waals surface area contributed by atoms with Crippen molar-refractivity contribution in [2.24, 2.45) is 0 Å². The molecule has 0 atom stereocenters. The number of hydrogen-bond acceptors (Lipinski definition) is 4. The van der Waals surface area contributed by atoms with Crippen molar-refractivity contribution in [1.82, 2.24) is 19.5 Å². The standard InChI is InChI=1S/C19H23F3N4OS/c1-18(2)11-28-8-7-25(18)17(27)14-10-16-23-13(12-5-3-4-6-12)9-15(19(20,21)22)26(16)24-14/h9-10,12H,3-8,11H2,1-2H3. The van der Waals surface area contributed by atoms with Crippen molar-refractivity contribution in [3.8, 4) is 0 Å². The van der Waals surface area contributed by atoms with Crippen LogP contribution in [0, 0.1) is 0 Å². The van der Waals surface area contributed by atoms with Crippen molar-refractivity contribution < 1.29 is 18.0 Å². The van der Waals surface area contributed by atoms with E-state index in [1.807, 2.05) is 13.8 Å². The van der Waals surface area contributed by atoms with Crippen LogP contribution in [0.4, 0.5) is 13.2 Å². The average Bonchev–Trinajstić information content (AvgIpc) is 3.28. The molecule has 2 aliphatic rings. The minimum atomic E-state index is -4.57. The highest BCUT2D eigenvalue weighted by atomic mass is 32.2. The summed E-state index contributed by atoms with van der Waals surface area (Å²) in [7, 11) is 0. The Balaban J connectivity index is 1.78.